The molecule has 2 heterocycles. The summed E-state index contributed by atoms with van der Waals surface area (Å²) < 4.78 is 1.66. The molecule has 1 fully saturated rings. The highest BCUT2D eigenvalue weighted by atomic mass is 16.2. The minimum Gasteiger partial charge on any atom is -0.338 e. The summed E-state index contributed by atoms with van der Waals surface area (Å²) in [5.74, 6) is 0.181. The highest BCUT2D eigenvalue weighted by Gasteiger charge is 2.33. The second-order valence-corrected chi connectivity index (χ2v) is 7.15. The van der Waals surface area contributed by atoms with Crippen molar-refractivity contribution < 1.29 is 9.59 Å². The Kier molecular flexibility index (Phi) is 4.75. The van der Waals surface area contributed by atoms with Crippen molar-refractivity contribution in [1.29, 1.82) is 0 Å². The van der Waals surface area contributed by atoms with Crippen LogP contribution in [0.3, 0.4) is 0 Å². The molecule has 0 saturated carbocycles. The van der Waals surface area contributed by atoms with Gasteiger partial charge in [-0.25, -0.2) is 0 Å². The van der Waals surface area contributed by atoms with E-state index in [1.165, 1.54) is 0 Å². The summed E-state index contributed by atoms with van der Waals surface area (Å²) in [5, 5.41) is 0. The molecule has 5 nitrogen and oxygen atoms in total. The van der Waals surface area contributed by atoms with Gasteiger partial charge in [0.15, 0.2) is 5.78 Å². The zero-order chi connectivity index (χ0) is 18.8. The molecule has 1 saturated heterocycles. The molecule has 1 radical (unpaired) electrons. The molecule has 1 amide bonds. The van der Waals surface area contributed by atoms with Gasteiger partial charge in [0.05, 0.1) is 6.54 Å². The maximum atomic E-state index is 12.3. The quantitative estimate of drug-likeness (QED) is 0.794. The lowest BCUT2D eigenvalue weighted by molar-refractivity contribution is -0.137. The second kappa shape index (κ2) is 7.35. The summed E-state index contributed by atoms with van der Waals surface area (Å²) in [6, 6.07) is 13.0. The Labute approximate surface area is 157 Å². The van der Waals surface area contributed by atoms with E-state index in [0.717, 1.165) is 16.7 Å². The van der Waals surface area contributed by atoms with Gasteiger partial charge in [0.1, 0.15) is 0 Å². The molecule has 0 bridgehead atoms. The second-order valence-electron chi connectivity index (χ2n) is 7.15. The van der Waals surface area contributed by atoms with Crippen molar-refractivity contribution in [1.82, 2.24) is 9.47 Å². The van der Waals surface area contributed by atoms with Crippen molar-refractivity contribution in [3.05, 3.63) is 88.2 Å². The molecule has 137 valence electrons. The van der Waals surface area contributed by atoms with Crippen LogP contribution in [0.2, 0.25) is 0 Å². The maximum Gasteiger partial charge on any atom is 0.250 e. The number of carbonyl (C=O) groups is 2. The highest BCUT2D eigenvalue weighted by Crippen LogP contribution is 2.28. The predicted molar refractivity (Wildman–Crippen MR) is 102 cm³/mol. The molecule has 2 aliphatic rings. The van der Waals surface area contributed by atoms with E-state index in [2.05, 4.69) is 0 Å². The average molecular weight is 361 g/mol. The Bertz CT molecular complexity index is 956. The fourth-order valence-corrected chi connectivity index (χ4v) is 3.48. The van der Waals surface area contributed by atoms with Gasteiger partial charge in [-0.15, -0.1) is 0 Å². The molecule has 1 aliphatic carbocycles. The summed E-state index contributed by atoms with van der Waals surface area (Å²) in [6.07, 6.45) is 6.51. The lowest BCUT2D eigenvalue weighted by atomic mass is 9.91. The molecule has 0 N–H and O–H groups in total. The van der Waals surface area contributed by atoms with Gasteiger partial charge < -0.3 is 9.47 Å². The fraction of sp³-hybridized carbons (Fsp3) is 0.273. The van der Waals surface area contributed by atoms with E-state index in [9.17, 15) is 14.4 Å². The fourth-order valence-electron chi connectivity index (χ4n) is 3.48. The first-order valence-electron chi connectivity index (χ1n) is 9.20. The van der Waals surface area contributed by atoms with Crippen LogP contribution in [0.4, 0.5) is 0 Å². The van der Waals surface area contributed by atoms with Gasteiger partial charge in [-0.2, -0.15) is 0 Å². The Hall–Kier alpha value is -2.95. The van der Waals surface area contributed by atoms with Gasteiger partial charge in [0, 0.05) is 44.1 Å². The average Bonchev–Trinajstić information content (AvgIpc) is 3.51. The largest absolute Gasteiger partial charge is 0.338 e. The summed E-state index contributed by atoms with van der Waals surface area (Å²) in [7, 11) is 0. The summed E-state index contributed by atoms with van der Waals surface area (Å²) in [4.78, 5) is 38.1. The lowest BCUT2D eigenvalue weighted by Crippen LogP contribution is -2.41. The Morgan fingerprint density at radius 3 is 2.37 bits per heavy atom. The van der Waals surface area contributed by atoms with E-state index in [1.807, 2.05) is 42.8 Å². The van der Waals surface area contributed by atoms with Crippen molar-refractivity contribution >= 4 is 11.7 Å². The van der Waals surface area contributed by atoms with Crippen LogP contribution in [0.5, 0.6) is 0 Å². The number of likely N-dealkylation sites (tertiary alicyclic amines) is 1. The SMILES string of the molecule is O=C(C1=C[CH]1)C1CCC(=O)N(Cc2ccc(Cn3ccccc3=O)cc2)C1. The normalized spacial score (nSPS) is 19.0. The van der Waals surface area contributed by atoms with E-state index < -0.39 is 0 Å². The van der Waals surface area contributed by atoms with Gasteiger partial charge >= 0.3 is 0 Å². The van der Waals surface area contributed by atoms with Gasteiger partial charge in [-0.3, -0.25) is 14.4 Å². The zero-order valence-electron chi connectivity index (χ0n) is 15.0. The van der Waals surface area contributed by atoms with E-state index in [4.69, 9.17) is 0 Å². The third-order valence-corrected chi connectivity index (χ3v) is 5.14. The number of amides is 1. The van der Waals surface area contributed by atoms with E-state index in [-0.39, 0.29) is 23.2 Å². The van der Waals surface area contributed by atoms with Crippen LogP contribution in [0, 0.1) is 12.3 Å². The first kappa shape index (κ1) is 17.5. The van der Waals surface area contributed by atoms with Crippen LogP contribution in [-0.4, -0.2) is 27.7 Å². The van der Waals surface area contributed by atoms with Crippen LogP contribution >= 0.6 is 0 Å². The van der Waals surface area contributed by atoms with Crippen LogP contribution < -0.4 is 5.56 Å². The molecule has 4 rings (SSSR count). The lowest BCUT2D eigenvalue weighted by Gasteiger charge is -2.31. The molecule has 0 spiro atoms. The van der Waals surface area contributed by atoms with Crippen molar-refractivity contribution in [3.8, 4) is 0 Å². The number of hydrogen-bond donors (Lipinski definition) is 0. The number of carbonyl (C=O) groups excluding carboxylic acids is 2. The number of piperidine rings is 1. The number of pyridine rings is 1. The summed E-state index contributed by atoms with van der Waals surface area (Å²) >= 11 is 0. The number of Topliss-reactive ketones (excluding diaryl/α,β-unsaturated/α-hetero) is 1. The number of hydrogen-bond acceptors (Lipinski definition) is 3. The van der Waals surface area contributed by atoms with Gasteiger partial charge in [0.25, 0.3) is 5.56 Å². The first-order chi connectivity index (χ1) is 13.1. The van der Waals surface area contributed by atoms with E-state index >= 15 is 0 Å². The van der Waals surface area contributed by atoms with Gasteiger partial charge in [-0.05, 0) is 29.2 Å². The molecule has 1 aromatic carbocycles. The number of rotatable bonds is 6. The molecule has 1 unspecified atom stereocenters. The van der Waals surface area contributed by atoms with Crippen LogP contribution in [-0.2, 0) is 22.7 Å². The van der Waals surface area contributed by atoms with Crippen molar-refractivity contribution in [3.63, 3.8) is 0 Å². The third kappa shape index (κ3) is 4.08. The molecular formula is C22H21N2O3. The summed E-state index contributed by atoms with van der Waals surface area (Å²) in [5.41, 5.74) is 2.83. The molecule has 2 aromatic rings. The van der Waals surface area contributed by atoms with Gasteiger partial charge in [-0.1, -0.05) is 36.4 Å². The molecular weight excluding hydrogens is 340 g/mol. The maximum absolute atomic E-state index is 12.3. The van der Waals surface area contributed by atoms with Crippen LogP contribution in [0.15, 0.2) is 65.1 Å². The monoisotopic (exact) mass is 361 g/mol. The van der Waals surface area contributed by atoms with Crippen LogP contribution in [0.25, 0.3) is 0 Å². The number of nitrogens with zero attached hydrogens (tertiary/aromatic N) is 2. The minimum absolute atomic E-state index is 0.0285. The highest BCUT2D eigenvalue weighted by molar-refractivity contribution is 6.05. The molecule has 1 aromatic heterocycles. The first-order valence-corrected chi connectivity index (χ1v) is 9.20. The van der Waals surface area contributed by atoms with E-state index in [1.54, 1.807) is 27.8 Å². The minimum atomic E-state index is -0.0862. The number of ketones is 1. The predicted octanol–water partition coefficient (Wildman–Crippen LogP) is 2.35. The Morgan fingerprint density at radius 2 is 1.70 bits per heavy atom. The van der Waals surface area contributed by atoms with Crippen molar-refractivity contribution in [2.75, 3.05) is 6.54 Å². The van der Waals surface area contributed by atoms with Gasteiger partial charge in [0.2, 0.25) is 5.91 Å². The smallest absolute Gasteiger partial charge is 0.250 e. The molecule has 1 aliphatic heterocycles. The summed E-state index contributed by atoms with van der Waals surface area (Å²) in [6.45, 7) is 1.52. The standard InChI is InChI=1S/C22H21N2O3/c25-20-3-1-2-12-23(20)13-16-4-6-17(7-5-16)14-24-15-19(10-11-21(24)26)22(27)18-8-9-18/h1-9,12,19H,10-11,13-15H2. The molecule has 5 heteroatoms. The molecule has 27 heavy (non-hydrogen) atoms. The van der Waals surface area contributed by atoms with Crippen LogP contribution in [0.1, 0.15) is 24.0 Å². The van der Waals surface area contributed by atoms with Crippen molar-refractivity contribution in [2.45, 2.75) is 25.9 Å². The third-order valence-electron chi connectivity index (χ3n) is 5.14. The number of aromatic nitrogens is 1. The van der Waals surface area contributed by atoms with Crippen molar-refractivity contribution in [2.24, 2.45) is 5.92 Å². The Balaban J connectivity index is 1.40. The topological polar surface area (TPSA) is 59.4 Å². The number of allylic oxidation sites excluding steroid dienone is 2. The number of benzene rings is 1. The zero-order valence-corrected chi connectivity index (χ0v) is 15.0. The molecule has 1 atom stereocenters. The van der Waals surface area contributed by atoms with E-state index in [0.29, 0.717) is 32.5 Å². The Morgan fingerprint density at radius 1 is 1.00 bits per heavy atom.